The predicted molar refractivity (Wildman–Crippen MR) is 74.9 cm³/mol. The fourth-order valence-corrected chi connectivity index (χ4v) is 4.36. The average Bonchev–Trinajstić information content (AvgIpc) is 2.68. The van der Waals surface area contributed by atoms with Gasteiger partial charge in [0, 0.05) is 5.54 Å². The molecule has 1 heteroatoms. The summed E-state index contributed by atoms with van der Waals surface area (Å²) in [4.78, 5) is 0. The zero-order chi connectivity index (χ0) is 12.3. The van der Waals surface area contributed by atoms with Crippen LogP contribution in [-0.4, -0.2) is 5.54 Å². The molecule has 0 bridgehead atoms. The third-order valence-electron chi connectivity index (χ3n) is 4.96. The smallest absolute Gasteiger partial charge is 0.0159 e. The summed E-state index contributed by atoms with van der Waals surface area (Å²) in [6.45, 7) is 4.70. The van der Waals surface area contributed by atoms with Gasteiger partial charge in [0.15, 0.2) is 0 Å². The minimum atomic E-state index is 0.201. The highest BCUT2D eigenvalue weighted by Gasteiger charge is 2.35. The highest BCUT2D eigenvalue weighted by Crippen LogP contribution is 2.40. The molecule has 0 amide bonds. The van der Waals surface area contributed by atoms with Gasteiger partial charge in [0.05, 0.1) is 0 Å². The molecule has 2 unspecified atom stereocenters. The summed E-state index contributed by atoms with van der Waals surface area (Å²) in [6, 6.07) is 0. The fourth-order valence-electron chi connectivity index (χ4n) is 4.36. The zero-order valence-electron chi connectivity index (χ0n) is 11.9. The molecule has 2 N–H and O–H groups in total. The molecule has 0 radical (unpaired) electrons. The van der Waals surface area contributed by atoms with Crippen LogP contribution in [0.5, 0.6) is 0 Å². The fraction of sp³-hybridized carbons (Fsp3) is 1.00. The molecule has 0 spiro atoms. The Hall–Kier alpha value is -0.0400. The van der Waals surface area contributed by atoms with Gasteiger partial charge in [-0.25, -0.2) is 0 Å². The van der Waals surface area contributed by atoms with E-state index in [2.05, 4.69) is 13.8 Å². The minimum absolute atomic E-state index is 0.201. The van der Waals surface area contributed by atoms with E-state index in [-0.39, 0.29) is 5.54 Å². The maximum atomic E-state index is 6.71. The molecule has 0 heterocycles. The van der Waals surface area contributed by atoms with Crippen LogP contribution in [0.2, 0.25) is 0 Å². The Bertz CT molecular complexity index is 230. The van der Waals surface area contributed by atoms with Crippen molar-refractivity contribution in [2.24, 2.45) is 23.5 Å². The molecular weight excluding hydrogens is 206 g/mol. The summed E-state index contributed by atoms with van der Waals surface area (Å²) in [5.41, 5.74) is 6.91. The third-order valence-corrected chi connectivity index (χ3v) is 4.96. The van der Waals surface area contributed by atoms with Crippen LogP contribution in [0.1, 0.15) is 78.1 Å². The van der Waals surface area contributed by atoms with Crippen LogP contribution in [0.25, 0.3) is 0 Å². The summed E-state index contributed by atoms with van der Waals surface area (Å²) in [5.74, 6) is 2.71. The van der Waals surface area contributed by atoms with Gasteiger partial charge in [0.2, 0.25) is 0 Å². The van der Waals surface area contributed by atoms with Gasteiger partial charge in [0.1, 0.15) is 0 Å². The molecule has 0 aromatic heterocycles. The van der Waals surface area contributed by atoms with E-state index in [9.17, 15) is 0 Å². The van der Waals surface area contributed by atoms with E-state index in [1.54, 1.807) is 0 Å². The molecule has 100 valence electrons. The number of rotatable bonds is 4. The molecule has 0 saturated heterocycles. The van der Waals surface area contributed by atoms with Gasteiger partial charge in [-0.3, -0.25) is 0 Å². The number of nitrogens with two attached hydrogens (primary N) is 1. The first kappa shape index (κ1) is 13.4. The van der Waals surface area contributed by atoms with Crippen LogP contribution in [0.4, 0.5) is 0 Å². The van der Waals surface area contributed by atoms with Gasteiger partial charge >= 0.3 is 0 Å². The SMILES string of the molecule is CC(C)CC1CCCC(N)(CC2CCCC2)C1. The van der Waals surface area contributed by atoms with E-state index in [1.807, 2.05) is 0 Å². The number of hydrogen-bond donors (Lipinski definition) is 1. The minimum Gasteiger partial charge on any atom is -0.325 e. The molecule has 2 fully saturated rings. The van der Waals surface area contributed by atoms with Crippen LogP contribution < -0.4 is 5.73 Å². The Kier molecular flexibility index (Phi) is 4.52. The van der Waals surface area contributed by atoms with Gasteiger partial charge in [0.25, 0.3) is 0 Å². The van der Waals surface area contributed by atoms with Gasteiger partial charge in [-0.05, 0) is 43.4 Å². The summed E-state index contributed by atoms with van der Waals surface area (Å²) in [6.07, 6.45) is 13.9. The molecular formula is C16H31N. The first-order chi connectivity index (χ1) is 8.07. The highest BCUT2D eigenvalue weighted by molar-refractivity contribution is 4.93. The number of hydrogen-bond acceptors (Lipinski definition) is 1. The van der Waals surface area contributed by atoms with Crippen molar-refractivity contribution < 1.29 is 0 Å². The molecule has 2 saturated carbocycles. The van der Waals surface area contributed by atoms with Gasteiger partial charge in [-0.2, -0.15) is 0 Å². The molecule has 0 aromatic carbocycles. The van der Waals surface area contributed by atoms with Crippen molar-refractivity contribution in [2.75, 3.05) is 0 Å². The topological polar surface area (TPSA) is 26.0 Å². The maximum absolute atomic E-state index is 6.71. The highest BCUT2D eigenvalue weighted by atomic mass is 14.8. The van der Waals surface area contributed by atoms with E-state index >= 15 is 0 Å². The first-order valence-corrected chi connectivity index (χ1v) is 7.86. The lowest BCUT2D eigenvalue weighted by atomic mass is 9.70. The molecule has 2 rings (SSSR count). The lowest BCUT2D eigenvalue weighted by Crippen LogP contribution is -2.45. The molecule has 0 aromatic rings. The van der Waals surface area contributed by atoms with Crippen LogP contribution in [-0.2, 0) is 0 Å². The lowest BCUT2D eigenvalue weighted by Gasteiger charge is -2.40. The zero-order valence-corrected chi connectivity index (χ0v) is 11.9. The first-order valence-electron chi connectivity index (χ1n) is 7.86. The van der Waals surface area contributed by atoms with Crippen LogP contribution >= 0.6 is 0 Å². The summed E-state index contributed by atoms with van der Waals surface area (Å²) in [5, 5.41) is 0. The second-order valence-electron chi connectivity index (χ2n) is 7.31. The second-order valence-corrected chi connectivity index (χ2v) is 7.31. The van der Waals surface area contributed by atoms with Crippen molar-refractivity contribution in [1.29, 1.82) is 0 Å². The third kappa shape index (κ3) is 3.98. The monoisotopic (exact) mass is 237 g/mol. The average molecular weight is 237 g/mol. The predicted octanol–water partition coefficient (Wildman–Crippen LogP) is 4.50. The Morgan fingerprint density at radius 1 is 1.06 bits per heavy atom. The Morgan fingerprint density at radius 3 is 2.35 bits per heavy atom. The standard InChI is InChI=1S/C16H31N/c1-13(2)10-15-8-5-9-16(17,12-15)11-14-6-3-4-7-14/h13-15H,3-12,17H2,1-2H3. The summed E-state index contributed by atoms with van der Waals surface area (Å²) >= 11 is 0. The van der Waals surface area contributed by atoms with Crippen LogP contribution in [0.15, 0.2) is 0 Å². The molecule has 2 aliphatic carbocycles. The van der Waals surface area contributed by atoms with Gasteiger partial charge < -0.3 is 5.73 Å². The molecule has 0 aliphatic heterocycles. The molecule has 1 nitrogen and oxygen atoms in total. The molecule has 2 atom stereocenters. The van der Waals surface area contributed by atoms with Crippen molar-refractivity contribution in [3.63, 3.8) is 0 Å². The van der Waals surface area contributed by atoms with E-state index < -0.39 is 0 Å². The van der Waals surface area contributed by atoms with E-state index in [0.717, 1.165) is 17.8 Å². The molecule has 2 aliphatic rings. The van der Waals surface area contributed by atoms with E-state index in [4.69, 9.17) is 5.73 Å². The Balaban J connectivity index is 1.85. The van der Waals surface area contributed by atoms with Crippen molar-refractivity contribution in [1.82, 2.24) is 0 Å². The Morgan fingerprint density at radius 2 is 1.71 bits per heavy atom. The Labute approximate surface area is 108 Å². The summed E-state index contributed by atoms with van der Waals surface area (Å²) < 4.78 is 0. The van der Waals surface area contributed by atoms with Gasteiger partial charge in [-0.15, -0.1) is 0 Å². The van der Waals surface area contributed by atoms with Crippen molar-refractivity contribution in [2.45, 2.75) is 83.6 Å². The van der Waals surface area contributed by atoms with E-state index in [1.165, 1.54) is 64.2 Å². The maximum Gasteiger partial charge on any atom is 0.0159 e. The summed E-state index contributed by atoms with van der Waals surface area (Å²) in [7, 11) is 0. The van der Waals surface area contributed by atoms with Crippen molar-refractivity contribution >= 4 is 0 Å². The normalized spacial score (nSPS) is 35.6. The molecule has 17 heavy (non-hydrogen) atoms. The van der Waals surface area contributed by atoms with E-state index in [0.29, 0.717) is 0 Å². The van der Waals surface area contributed by atoms with Crippen molar-refractivity contribution in [3.05, 3.63) is 0 Å². The lowest BCUT2D eigenvalue weighted by molar-refractivity contribution is 0.171. The van der Waals surface area contributed by atoms with Gasteiger partial charge in [-0.1, -0.05) is 52.4 Å². The van der Waals surface area contributed by atoms with Crippen molar-refractivity contribution in [3.8, 4) is 0 Å². The van der Waals surface area contributed by atoms with Crippen LogP contribution in [0.3, 0.4) is 0 Å². The largest absolute Gasteiger partial charge is 0.325 e. The second kappa shape index (κ2) is 5.73. The quantitative estimate of drug-likeness (QED) is 0.765. The van der Waals surface area contributed by atoms with Crippen LogP contribution in [0, 0.1) is 17.8 Å².